The third kappa shape index (κ3) is 8.05. The van der Waals surface area contributed by atoms with Gasteiger partial charge in [0.25, 0.3) is 5.95 Å². The largest absolute Gasteiger partial charge is 0.446 e. The molecule has 3 aliphatic rings. The van der Waals surface area contributed by atoms with E-state index in [2.05, 4.69) is 15.4 Å². The summed E-state index contributed by atoms with van der Waals surface area (Å²) in [6, 6.07) is 1.17. The number of alkyl halides is 9. The van der Waals surface area contributed by atoms with E-state index in [4.69, 9.17) is 9.47 Å². The Morgan fingerprint density at radius 2 is 1.62 bits per heavy atom. The van der Waals surface area contributed by atoms with Crippen LogP contribution in [0.5, 0.6) is 0 Å². The van der Waals surface area contributed by atoms with Gasteiger partial charge >= 0.3 is 24.6 Å². The first-order valence-electron chi connectivity index (χ1n) is 15.3. The molecular formula is C29H35F9N6O3. The zero-order chi connectivity index (χ0) is 34.3. The number of aryl methyl sites for hydroxylation is 2. The number of amides is 1. The molecule has 1 saturated carbocycles. The zero-order valence-electron chi connectivity index (χ0n) is 25.6. The van der Waals surface area contributed by atoms with E-state index in [1.54, 1.807) is 0 Å². The van der Waals surface area contributed by atoms with E-state index < -0.39 is 79.3 Å². The van der Waals surface area contributed by atoms with E-state index in [1.165, 1.54) is 24.9 Å². The molecule has 3 heterocycles. The van der Waals surface area contributed by atoms with Gasteiger partial charge in [0, 0.05) is 25.9 Å². The van der Waals surface area contributed by atoms with Crippen LogP contribution in [0.15, 0.2) is 12.1 Å². The van der Waals surface area contributed by atoms with Gasteiger partial charge in [-0.1, -0.05) is 11.2 Å². The van der Waals surface area contributed by atoms with Crippen LogP contribution in [-0.2, 0) is 22.7 Å². The van der Waals surface area contributed by atoms with Crippen LogP contribution in [0.1, 0.15) is 67.7 Å². The minimum atomic E-state index is -4.86. The first-order chi connectivity index (χ1) is 21.9. The van der Waals surface area contributed by atoms with Crippen molar-refractivity contribution in [1.29, 1.82) is 0 Å². The first kappa shape index (κ1) is 35.0. The van der Waals surface area contributed by atoms with Gasteiger partial charge in [0.15, 0.2) is 0 Å². The van der Waals surface area contributed by atoms with Crippen LogP contribution in [0, 0.1) is 24.7 Å². The van der Waals surface area contributed by atoms with Gasteiger partial charge in [-0.05, 0) is 67.4 Å². The van der Waals surface area contributed by atoms with Gasteiger partial charge in [-0.15, -0.1) is 5.10 Å². The lowest BCUT2D eigenvalue weighted by molar-refractivity contribution is -0.228. The fraction of sp³-hybridized carbons (Fsp3) is 0.724. The van der Waals surface area contributed by atoms with Crippen molar-refractivity contribution in [3.05, 3.63) is 28.8 Å². The summed E-state index contributed by atoms with van der Waals surface area (Å²) in [5.41, 5.74) is -1.10. The minimum Gasteiger partial charge on any atom is -0.446 e. The standard InChI is InChI=1S/C29H35F9N6O3/c1-16-10-21-23(4-3-7-43(24(21)14-22(16)29(36,37)38)26(45)47-20-5-8-46-9-6-20)44(25-39-41-42(2)40-25)15-17-11-18(27(30,31)32)13-19(12-17)28(33,34)35/h10,14,17-20,23H,3-9,11-13,15H2,1-2H3. The molecule has 1 aromatic carbocycles. The monoisotopic (exact) mass is 686 g/mol. The number of hydrogen-bond acceptors (Lipinski definition) is 7. The second kappa shape index (κ2) is 13.3. The second-order valence-electron chi connectivity index (χ2n) is 12.5. The quantitative estimate of drug-likeness (QED) is 0.309. The molecule has 0 bridgehead atoms. The molecule has 2 fully saturated rings. The number of halogens is 9. The highest BCUT2D eigenvalue weighted by Gasteiger charge is 2.52. The summed E-state index contributed by atoms with van der Waals surface area (Å²) in [5.74, 6) is -5.63. The topological polar surface area (TPSA) is 85.6 Å². The van der Waals surface area contributed by atoms with Gasteiger partial charge in [-0.25, -0.2) is 4.79 Å². The number of carbonyl (C=O) groups is 1. The molecule has 1 aromatic heterocycles. The highest BCUT2D eigenvalue weighted by atomic mass is 19.4. The number of fused-ring (bicyclic) bond motifs is 1. The van der Waals surface area contributed by atoms with Crippen LogP contribution < -0.4 is 9.80 Å². The minimum absolute atomic E-state index is 0.0522. The molecule has 3 unspecified atom stereocenters. The van der Waals surface area contributed by atoms with Crippen molar-refractivity contribution in [1.82, 2.24) is 20.2 Å². The van der Waals surface area contributed by atoms with Gasteiger partial charge in [0.1, 0.15) is 6.10 Å². The fourth-order valence-electron chi connectivity index (χ4n) is 6.89. The van der Waals surface area contributed by atoms with Gasteiger partial charge in [0.05, 0.1) is 49.4 Å². The maximum atomic E-state index is 14.1. The molecule has 1 aliphatic carbocycles. The van der Waals surface area contributed by atoms with Gasteiger partial charge in [-0.3, -0.25) is 4.90 Å². The summed E-state index contributed by atoms with van der Waals surface area (Å²) in [6.45, 7) is 1.52. The van der Waals surface area contributed by atoms with Crippen LogP contribution in [0.25, 0.3) is 0 Å². The molecule has 3 atom stereocenters. The normalized spacial score (nSPS) is 24.9. The highest BCUT2D eigenvalue weighted by molar-refractivity contribution is 5.89. The number of nitrogens with zero attached hydrogens (tertiary/aromatic N) is 6. The molecule has 0 radical (unpaired) electrons. The van der Waals surface area contributed by atoms with Crippen LogP contribution in [-0.4, -0.2) is 71.1 Å². The summed E-state index contributed by atoms with van der Waals surface area (Å²) in [4.78, 5) is 17.1. The summed E-state index contributed by atoms with van der Waals surface area (Å²) in [5, 5.41) is 12.0. The Hall–Kier alpha value is -3.31. The number of rotatable bonds is 5. The Bertz CT molecular complexity index is 1390. The Balaban J connectivity index is 1.56. The van der Waals surface area contributed by atoms with E-state index in [-0.39, 0.29) is 48.7 Å². The van der Waals surface area contributed by atoms with Crippen molar-refractivity contribution < 1.29 is 53.8 Å². The molecule has 2 aliphatic heterocycles. The smallest absolute Gasteiger partial charge is 0.416 e. The number of hydrogen-bond donors (Lipinski definition) is 0. The van der Waals surface area contributed by atoms with Crippen LogP contribution >= 0.6 is 0 Å². The second-order valence-corrected chi connectivity index (χ2v) is 12.5. The van der Waals surface area contributed by atoms with Crippen molar-refractivity contribution in [2.75, 3.05) is 36.1 Å². The third-order valence-electron chi connectivity index (χ3n) is 9.16. The first-order valence-corrected chi connectivity index (χ1v) is 15.3. The molecule has 47 heavy (non-hydrogen) atoms. The lowest BCUT2D eigenvalue weighted by Crippen LogP contribution is -2.43. The Morgan fingerprint density at radius 1 is 0.979 bits per heavy atom. The van der Waals surface area contributed by atoms with Gasteiger partial charge in [-0.2, -0.15) is 44.3 Å². The van der Waals surface area contributed by atoms with E-state index >= 15 is 0 Å². The number of tetrazole rings is 1. The summed E-state index contributed by atoms with van der Waals surface area (Å²) in [7, 11) is 1.42. The lowest BCUT2D eigenvalue weighted by Gasteiger charge is -2.40. The lowest BCUT2D eigenvalue weighted by atomic mass is 9.74. The maximum absolute atomic E-state index is 14.1. The van der Waals surface area contributed by atoms with Gasteiger partial charge < -0.3 is 14.4 Å². The Morgan fingerprint density at radius 3 is 2.17 bits per heavy atom. The molecule has 5 rings (SSSR count). The summed E-state index contributed by atoms with van der Waals surface area (Å²) in [6.07, 6.45) is -16.9. The van der Waals surface area contributed by atoms with E-state index in [1.807, 2.05) is 0 Å². The molecule has 262 valence electrons. The SMILES string of the molecule is Cc1cc2c(cc1C(F)(F)F)N(C(=O)OC1CCOCC1)CCCC2N(CC1CC(C(F)(F)F)CC(C(F)(F)F)C1)c1nnn(C)n1. The highest BCUT2D eigenvalue weighted by Crippen LogP contribution is 2.49. The Labute approximate surface area is 264 Å². The number of ether oxygens (including phenoxy) is 2. The zero-order valence-corrected chi connectivity index (χ0v) is 25.6. The van der Waals surface area contributed by atoms with Crippen molar-refractivity contribution in [3.63, 3.8) is 0 Å². The molecule has 1 saturated heterocycles. The summed E-state index contributed by atoms with van der Waals surface area (Å²) < 4.78 is 136. The Kier molecular flexibility index (Phi) is 9.91. The van der Waals surface area contributed by atoms with E-state index in [0.717, 1.165) is 15.8 Å². The van der Waals surface area contributed by atoms with Crippen molar-refractivity contribution >= 4 is 17.7 Å². The maximum Gasteiger partial charge on any atom is 0.416 e. The van der Waals surface area contributed by atoms with Gasteiger partial charge in [0.2, 0.25) is 0 Å². The van der Waals surface area contributed by atoms with E-state index in [0.29, 0.717) is 26.1 Å². The van der Waals surface area contributed by atoms with Crippen LogP contribution in [0.2, 0.25) is 0 Å². The molecule has 0 spiro atoms. The fourth-order valence-corrected chi connectivity index (χ4v) is 6.89. The average Bonchev–Trinajstić information content (AvgIpc) is 3.32. The number of anilines is 2. The van der Waals surface area contributed by atoms with Crippen LogP contribution in [0.4, 0.5) is 55.9 Å². The number of aromatic nitrogens is 4. The molecule has 18 heteroatoms. The molecule has 0 N–H and O–H groups in total. The summed E-state index contributed by atoms with van der Waals surface area (Å²) >= 11 is 0. The predicted molar refractivity (Wildman–Crippen MR) is 148 cm³/mol. The van der Waals surface area contributed by atoms with E-state index in [9.17, 15) is 44.3 Å². The van der Waals surface area contributed by atoms with Crippen molar-refractivity contribution in [2.45, 2.75) is 82.5 Å². The van der Waals surface area contributed by atoms with Crippen LogP contribution in [0.3, 0.4) is 0 Å². The van der Waals surface area contributed by atoms with Crippen molar-refractivity contribution in [3.8, 4) is 0 Å². The average molecular weight is 687 g/mol. The predicted octanol–water partition coefficient (Wildman–Crippen LogP) is 7.16. The van der Waals surface area contributed by atoms with Crippen molar-refractivity contribution in [2.24, 2.45) is 24.8 Å². The third-order valence-corrected chi connectivity index (χ3v) is 9.16. The molecular weight excluding hydrogens is 651 g/mol. The molecule has 9 nitrogen and oxygen atoms in total. The molecule has 1 amide bonds. The molecule has 2 aromatic rings. The number of carbonyl (C=O) groups excluding carboxylic acids is 1. The number of benzene rings is 1.